The fourth-order valence-corrected chi connectivity index (χ4v) is 1.13. The molecule has 0 fully saturated rings. The van der Waals surface area contributed by atoms with Crippen molar-refractivity contribution in [1.29, 1.82) is 0 Å². The molecule has 0 aliphatic carbocycles. The van der Waals surface area contributed by atoms with Crippen molar-refractivity contribution in [1.82, 2.24) is 4.98 Å². The molecule has 0 unspecified atom stereocenters. The Balaban J connectivity index is 3.35. The molecule has 0 radical (unpaired) electrons. The molecule has 0 aromatic carbocycles. The molecule has 0 saturated heterocycles. The highest BCUT2D eigenvalue weighted by Crippen LogP contribution is 2.09. The van der Waals surface area contributed by atoms with Crippen molar-refractivity contribution in [2.24, 2.45) is 0 Å². The molecule has 0 saturated carbocycles. The molecule has 5 nitrogen and oxygen atoms in total. The van der Waals surface area contributed by atoms with Crippen LogP contribution >= 0.6 is 0 Å². The first-order valence-electron chi connectivity index (χ1n) is 4.58. The van der Waals surface area contributed by atoms with E-state index in [9.17, 15) is 14.4 Å². The van der Waals surface area contributed by atoms with Gasteiger partial charge in [-0.25, -0.2) is 9.78 Å². The molecule has 0 bridgehead atoms. The predicted octanol–water partition coefficient (Wildman–Crippen LogP) is 1.27. The lowest BCUT2D eigenvalue weighted by Gasteiger charge is -2.03. The van der Waals surface area contributed by atoms with E-state index in [4.69, 9.17) is 0 Å². The monoisotopic (exact) mass is 221 g/mol. The third kappa shape index (κ3) is 2.50. The molecule has 0 aliphatic rings. The van der Waals surface area contributed by atoms with Crippen LogP contribution in [0.15, 0.2) is 12.1 Å². The van der Waals surface area contributed by atoms with Crippen LogP contribution in [0.1, 0.15) is 45.2 Å². The molecular weight excluding hydrogens is 210 g/mol. The summed E-state index contributed by atoms with van der Waals surface area (Å²) in [5.41, 5.74) is 0.300. The summed E-state index contributed by atoms with van der Waals surface area (Å²) in [4.78, 5) is 37.4. The number of methoxy groups -OCH3 is 1. The van der Waals surface area contributed by atoms with Gasteiger partial charge in [0.25, 0.3) is 0 Å². The number of nitrogens with zero attached hydrogens (tertiary/aromatic N) is 1. The maximum Gasteiger partial charge on any atom is 0.338 e. The summed E-state index contributed by atoms with van der Waals surface area (Å²) in [5, 5.41) is 0. The summed E-state index contributed by atoms with van der Waals surface area (Å²) in [6.45, 7) is 2.63. The molecular formula is C11H11NO4. The van der Waals surface area contributed by atoms with Gasteiger partial charge in [-0.05, 0) is 12.1 Å². The Bertz CT molecular complexity index is 433. The summed E-state index contributed by atoms with van der Waals surface area (Å²) in [5.74, 6) is -1.23. The highest BCUT2D eigenvalue weighted by atomic mass is 16.5. The van der Waals surface area contributed by atoms with E-state index in [1.165, 1.54) is 33.1 Å². The molecule has 0 amide bonds. The number of hydrogen-bond acceptors (Lipinski definition) is 5. The highest BCUT2D eigenvalue weighted by molar-refractivity contribution is 6.00. The molecule has 0 spiro atoms. The lowest BCUT2D eigenvalue weighted by atomic mass is 10.1. The number of pyridine rings is 1. The Morgan fingerprint density at radius 3 is 1.81 bits per heavy atom. The van der Waals surface area contributed by atoms with Crippen LogP contribution in [-0.4, -0.2) is 29.6 Å². The Labute approximate surface area is 92.4 Å². The minimum atomic E-state index is -0.604. The van der Waals surface area contributed by atoms with Crippen LogP contribution in [0.25, 0.3) is 0 Å². The van der Waals surface area contributed by atoms with E-state index in [1.807, 2.05) is 0 Å². The molecule has 1 aromatic heterocycles. The average Bonchev–Trinajstić information content (AvgIpc) is 2.27. The van der Waals surface area contributed by atoms with E-state index in [2.05, 4.69) is 9.72 Å². The lowest BCUT2D eigenvalue weighted by molar-refractivity contribution is 0.0600. The molecule has 0 atom stereocenters. The molecule has 84 valence electrons. The number of esters is 1. The van der Waals surface area contributed by atoms with Crippen molar-refractivity contribution in [3.63, 3.8) is 0 Å². The Hall–Kier alpha value is -2.04. The van der Waals surface area contributed by atoms with Gasteiger partial charge in [0, 0.05) is 13.8 Å². The highest BCUT2D eigenvalue weighted by Gasteiger charge is 2.14. The van der Waals surface area contributed by atoms with Gasteiger partial charge in [0.05, 0.1) is 12.7 Å². The molecule has 0 aliphatic heterocycles. The van der Waals surface area contributed by atoms with Crippen LogP contribution in [0, 0.1) is 0 Å². The fourth-order valence-electron chi connectivity index (χ4n) is 1.13. The van der Waals surface area contributed by atoms with Crippen molar-refractivity contribution >= 4 is 17.5 Å². The molecule has 16 heavy (non-hydrogen) atoms. The number of carbonyl (C=O) groups excluding carboxylic acids is 3. The predicted molar refractivity (Wildman–Crippen MR) is 55.6 cm³/mol. The van der Waals surface area contributed by atoms with E-state index < -0.39 is 5.97 Å². The summed E-state index contributed by atoms with van der Waals surface area (Å²) in [6.07, 6.45) is 0. The maximum absolute atomic E-state index is 11.3. The van der Waals surface area contributed by atoms with Crippen molar-refractivity contribution in [3.8, 4) is 0 Å². The van der Waals surface area contributed by atoms with Crippen LogP contribution in [0.4, 0.5) is 0 Å². The zero-order valence-electron chi connectivity index (χ0n) is 9.23. The second-order valence-electron chi connectivity index (χ2n) is 3.23. The first kappa shape index (κ1) is 12.0. The van der Waals surface area contributed by atoms with Crippen molar-refractivity contribution in [2.75, 3.05) is 7.11 Å². The summed E-state index contributed by atoms with van der Waals surface area (Å²) in [7, 11) is 1.23. The normalized spacial score (nSPS) is 9.69. The summed E-state index contributed by atoms with van der Waals surface area (Å²) in [6, 6.07) is 2.61. The Kier molecular flexibility index (Phi) is 3.50. The topological polar surface area (TPSA) is 73.3 Å². The minimum Gasteiger partial charge on any atom is -0.465 e. The van der Waals surface area contributed by atoms with Crippen LogP contribution in [0.5, 0.6) is 0 Å². The maximum atomic E-state index is 11.3. The number of carbonyl (C=O) groups is 3. The third-order valence-electron chi connectivity index (χ3n) is 1.97. The van der Waals surface area contributed by atoms with Gasteiger partial charge < -0.3 is 4.74 Å². The van der Waals surface area contributed by atoms with Gasteiger partial charge in [0.1, 0.15) is 11.4 Å². The van der Waals surface area contributed by atoms with Gasteiger partial charge in [-0.1, -0.05) is 0 Å². The molecule has 0 N–H and O–H groups in total. The Morgan fingerprint density at radius 2 is 1.50 bits per heavy atom. The largest absolute Gasteiger partial charge is 0.465 e. The summed E-state index contributed by atoms with van der Waals surface area (Å²) < 4.78 is 4.52. The smallest absolute Gasteiger partial charge is 0.338 e. The first-order valence-corrected chi connectivity index (χ1v) is 4.58. The van der Waals surface area contributed by atoms with E-state index >= 15 is 0 Å². The fraction of sp³-hybridized carbons (Fsp3) is 0.273. The Morgan fingerprint density at radius 1 is 1.06 bits per heavy atom. The molecule has 1 heterocycles. The number of rotatable bonds is 3. The molecule has 1 rings (SSSR count). The van der Waals surface area contributed by atoms with Gasteiger partial charge in [0.2, 0.25) is 0 Å². The van der Waals surface area contributed by atoms with Gasteiger partial charge in [-0.3, -0.25) is 9.59 Å². The first-order chi connectivity index (χ1) is 7.45. The average molecular weight is 221 g/mol. The van der Waals surface area contributed by atoms with Crippen LogP contribution in [0.2, 0.25) is 0 Å². The second kappa shape index (κ2) is 4.65. The number of hydrogen-bond donors (Lipinski definition) is 0. The van der Waals surface area contributed by atoms with Crippen molar-refractivity contribution < 1.29 is 19.1 Å². The van der Waals surface area contributed by atoms with Gasteiger partial charge in [-0.15, -0.1) is 0 Å². The van der Waals surface area contributed by atoms with Gasteiger partial charge in [-0.2, -0.15) is 0 Å². The van der Waals surface area contributed by atoms with E-state index in [0.717, 1.165) is 0 Å². The zero-order chi connectivity index (χ0) is 12.3. The van der Waals surface area contributed by atoms with Crippen molar-refractivity contribution in [3.05, 3.63) is 29.1 Å². The van der Waals surface area contributed by atoms with Crippen LogP contribution in [0.3, 0.4) is 0 Å². The van der Waals surface area contributed by atoms with Gasteiger partial charge in [0.15, 0.2) is 11.6 Å². The van der Waals surface area contributed by atoms with Gasteiger partial charge >= 0.3 is 5.97 Å². The van der Waals surface area contributed by atoms with E-state index in [1.54, 1.807) is 0 Å². The number of Topliss-reactive ketones (excluding diaryl/α,β-unsaturated/α-hetero) is 2. The standard InChI is InChI=1S/C11H11NO4/c1-6(13)9-4-8(11(15)16-3)5-10(12-9)7(2)14/h4-5H,1-3H3. The number of ether oxygens (including phenoxy) is 1. The SMILES string of the molecule is COC(=O)c1cc(C(C)=O)nc(C(C)=O)c1. The second-order valence-corrected chi connectivity index (χ2v) is 3.23. The number of aromatic nitrogens is 1. The summed E-state index contributed by atoms with van der Waals surface area (Å²) >= 11 is 0. The van der Waals surface area contributed by atoms with Crippen molar-refractivity contribution in [2.45, 2.75) is 13.8 Å². The van der Waals surface area contributed by atoms with Crippen LogP contribution < -0.4 is 0 Å². The zero-order valence-corrected chi connectivity index (χ0v) is 9.23. The number of ketones is 2. The van der Waals surface area contributed by atoms with E-state index in [0.29, 0.717) is 0 Å². The molecule has 1 aromatic rings. The van der Waals surface area contributed by atoms with Crippen LogP contribution in [-0.2, 0) is 4.74 Å². The minimum absolute atomic E-state index is 0.0769. The third-order valence-corrected chi connectivity index (χ3v) is 1.97. The van der Waals surface area contributed by atoms with E-state index in [-0.39, 0.29) is 28.5 Å². The molecule has 5 heteroatoms. The lowest BCUT2D eigenvalue weighted by Crippen LogP contribution is -2.10. The quantitative estimate of drug-likeness (QED) is 0.567.